The Morgan fingerprint density at radius 3 is 2.94 bits per heavy atom. The molecule has 16 heavy (non-hydrogen) atoms. The fraction of sp³-hybridized carbons (Fsp3) is 0.500. The zero-order chi connectivity index (χ0) is 11.5. The molecule has 1 aromatic rings. The first-order valence-corrected chi connectivity index (χ1v) is 5.82. The Bertz CT molecular complexity index is 359. The van der Waals surface area contributed by atoms with Crippen LogP contribution in [-0.4, -0.2) is 30.5 Å². The summed E-state index contributed by atoms with van der Waals surface area (Å²) in [6.45, 7) is 3.03. The minimum atomic E-state index is -0.415. The standard InChI is InChI=1S/C12H16ClNO2/c1-8(9-3-2-4-10(13)5-9)14-11-6-16-7-12(11)15/h2-5,8,11-12,14-15H,6-7H2,1H3/t8-,11?,12?/m1/s1. The van der Waals surface area contributed by atoms with E-state index >= 15 is 0 Å². The average molecular weight is 242 g/mol. The summed E-state index contributed by atoms with van der Waals surface area (Å²) in [6, 6.07) is 7.89. The van der Waals surface area contributed by atoms with E-state index in [1.165, 1.54) is 0 Å². The number of aliphatic hydroxyl groups is 1. The molecule has 3 atom stereocenters. The first-order chi connectivity index (χ1) is 7.66. The Morgan fingerprint density at radius 1 is 1.50 bits per heavy atom. The van der Waals surface area contributed by atoms with Gasteiger partial charge in [0.15, 0.2) is 0 Å². The number of aliphatic hydroxyl groups excluding tert-OH is 1. The van der Waals surface area contributed by atoms with Crippen LogP contribution in [0.3, 0.4) is 0 Å². The van der Waals surface area contributed by atoms with Crippen LogP contribution in [-0.2, 0) is 4.74 Å². The first-order valence-electron chi connectivity index (χ1n) is 5.44. The Kier molecular flexibility index (Phi) is 3.82. The number of benzene rings is 1. The molecule has 2 unspecified atom stereocenters. The minimum absolute atomic E-state index is 0.00832. The Morgan fingerprint density at radius 2 is 2.31 bits per heavy atom. The highest BCUT2D eigenvalue weighted by atomic mass is 35.5. The molecular formula is C12H16ClNO2. The normalized spacial score (nSPS) is 26.9. The van der Waals surface area contributed by atoms with E-state index in [0.29, 0.717) is 13.2 Å². The predicted octanol–water partition coefficient (Wildman–Crippen LogP) is 1.75. The third-order valence-electron chi connectivity index (χ3n) is 2.86. The molecule has 1 heterocycles. The molecule has 1 saturated heterocycles. The van der Waals surface area contributed by atoms with Gasteiger partial charge in [0.05, 0.1) is 25.4 Å². The number of hydrogen-bond acceptors (Lipinski definition) is 3. The smallest absolute Gasteiger partial charge is 0.0948 e. The van der Waals surface area contributed by atoms with Gasteiger partial charge in [0, 0.05) is 11.1 Å². The van der Waals surface area contributed by atoms with Crippen LogP contribution in [0.4, 0.5) is 0 Å². The van der Waals surface area contributed by atoms with Crippen molar-refractivity contribution in [2.45, 2.75) is 25.1 Å². The molecule has 88 valence electrons. The van der Waals surface area contributed by atoms with Crippen molar-refractivity contribution in [3.05, 3.63) is 34.9 Å². The van der Waals surface area contributed by atoms with Gasteiger partial charge in [-0.2, -0.15) is 0 Å². The SMILES string of the molecule is C[C@@H](NC1COCC1O)c1cccc(Cl)c1. The van der Waals surface area contributed by atoms with Crippen LogP contribution in [0, 0.1) is 0 Å². The maximum absolute atomic E-state index is 9.63. The molecule has 0 saturated carbocycles. The van der Waals surface area contributed by atoms with Gasteiger partial charge in [0.1, 0.15) is 0 Å². The van der Waals surface area contributed by atoms with Gasteiger partial charge >= 0.3 is 0 Å². The highest BCUT2D eigenvalue weighted by Gasteiger charge is 2.27. The number of nitrogens with one attached hydrogen (secondary N) is 1. The molecule has 1 fully saturated rings. The van der Waals surface area contributed by atoms with Crippen LogP contribution in [0.15, 0.2) is 24.3 Å². The zero-order valence-corrected chi connectivity index (χ0v) is 9.95. The topological polar surface area (TPSA) is 41.5 Å². The fourth-order valence-corrected chi connectivity index (χ4v) is 2.09. The van der Waals surface area contributed by atoms with Crippen molar-refractivity contribution in [1.29, 1.82) is 0 Å². The van der Waals surface area contributed by atoms with Crippen LogP contribution >= 0.6 is 11.6 Å². The van der Waals surface area contributed by atoms with E-state index in [1.807, 2.05) is 24.3 Å². The highest BCUT2D eigenvalue weighted by Crippen LogP contribution is 2.19. The molecule has 0 aromatic heterocycles. The zero-order valence-electron chi connectivity index (χ0n) is 9.19. The Balaban J connectivity index is 1.99. The van der Waals surface area contributed by atoms with E-state index in [4.69, 9.17) is 16.3 Å². The van der Waals surface area contributed by atoms with Crippen molar-refractivity contribution < 1.29 is 9.84 Å². The van der Waals surface area contributed by atoms with E-state index in [0.717, 1.165) is 10.6 Å². The lowest BCUT2D eigenvalue weighted by molar-refractivity contribution is 0.121. The second-order valence-electron chi connectivity index (χ2n) is 4.15. The number of hydrogen-bond donors (Lipinski definition) is 2. The summed E-state index contributed by atoms with van der Waals surface area (Å²) in [5.74, 6) is 0. The molecule has 0 bridgehead atoms. The van der Waals surface area contributed by atoms with Gasteiger partial charge in [-0.05, 0) is 24.6 Å². The molecule has 0 radical (unpaired) electrons. The van der Waals surface area contributed by atoms with Crippen molar-refractivity contribution in [1.82, 2.24) is 5.32 Å². The second kappa shape index (κ2) is 5.15. The summed E-state index contributed by atoms with van der Waals surface area (Å²) < 4.78 is 5.19. The minimum Gasteiger partial charge on any atom is -0.389 e. The van der Waals surface area contributed by atoms with Crippen molar-refractivity contribution in [3.63, 3.8) is 0 Å². The summed E-state index contributed by atoms with van der Waals surface area (Å²) >= 11 is 5.93. The number of ether oxygens (including phenoxy) is 1. The molecule has 4 heteroatoms. The fourth-order valence-electron chi connectivity index (χ4n) is 1.90. The van der Waals surface area contributed by atoms with Crippen LogP contribution in [0.25, 0.3) is 0 Å². The third-order valence-corrected chi connectivity index (χ3v) is 3.10. The number of rotatable bonds is 3. The van der Waals surface area contributed by atoms with E-state index in [-0.39, 0.29) is 12.1 Å². The lowest BCUT2D eigenvalue weighted by Crippen LogP contribution is -2.40. The van der Waals surface area contributed by atoms with Crippen molar-refractivity contribution >= 4 is 11.6 Å². The van der Waals surface area contributed by atoms with E-state index in [2.05, 4.69) is 12.2 Å². The van der Waals surface area contributed by atoms with Gasteiger partial charge in [0.2, 0.25) is 0 Å². The maximum atomic E-state index is 9.63. The molecule has 1 aliphatic heterocycles. The number of halogens is 1. The lowest BCUT2D eigenvalue weighted by Gasteiger charge is -2.21. The largest absolute Gasteiger partial charge is 0.389 e. The molecule has 0 spiro atoms. The third kappa shape index (κ3) is 2.74. The van der Waals surface area contributed by atoms with Gasteiger partial charge in [-0.3, -0.25) is 0 Å². The molecule has 0 aliphatic carbocycles. The molecule has 2 rings (SSSR count). The van der Waals surface area contributed by atoms with Gasteiger partial charge in [-0.25, -0.2) is 0 Å². The maximum Gasteiger partial charge on any atom is 0.0948 e. The van der Waals surface area contributed by atoms with Crippen LogP contribution in [0.2, 0.25) is 5.02 Å². The first kappa shape index (κ1) is 11.9. The summed E-state index contributed by atoms with van der Waals surface area (Å²) in [5.41, 5.74) is 1.12. The van der Waals surface area contributed by atoms with Crippen molar-refractivity contribution in [3.8, 4) is 0 Å². The van der Waals surface area contributed by atoms with Crippen LogP contribution in [0.5, 0.6) is 0 Å². The molecule has 2 N–H and O–H groups in total. The van der Waals surface area contributed by atoms with Crippen LogP contribution in [0.1, 0.15) is 18.5 Å². The van der Waals surface area contributed by atoms with Crippen molar-refractivity contribution in [2.75, 3.05) is 13.2 Å². The van der Waals surface area contributed by atoms with Crippen LogP contribution < -0.4 is 5.32 Å². The van der Waals surface area contributed by atoms with Gasteiger partial charge in [0.25, 0.3) is 0 Å². The lowest BCUT2D eigenvalue weighted by atomic mass is 10.1. The Labute approximate surface area is 100 Å². The molecule has 0 amide bonds. The summed E-state index contributed by atoms with van der Waals surface area (Å²) in [4.78, 5) is 0. The monoisotopic (exact) mass is 241 g/mol. The summed E-state index contributed by atoms with van der Waals surface area (Å²) in [5, 5.41) is 13.7. The summed E-state index contributed by atoms with van der Waals surface area (Å²) in [7, 11) is 0. The molecular weight excluding hydrogens is 226 g/mol. The predicted molar refractivity (Wildman–Crippen MR) is 63.6 cm³/mol. The van der Waals surface area contributed by atoms with E-state index < -0.39 is 6.10 Å². The van der Waals surface area contributed by atoms with Crippen molar-refractivity contribution in [2.24, 2.45) is 0 Å². The highest BCUT2D eigenvalue weighted by molar-refractivity contribution is 6.30. The molecule has 1 aliphatic rings. The molecule has 1 aromatic carbocycles. The van der Waals surface area contributed by atoms with E-state index in [9.17, 15) is 5.11 Å². The van der Waals surface area contributed by atoms with Gasteiger partial charge in [-0.1, -0.05) is 23.7 Å². The van der Waals surface area contributed by atoms with Gasteiger partial charge in [-0.15, -0.1) is 0 Å². The molecule has 3 nitrogen and oxygen atoms in total. The quantitative estimate of drug-likeness (QED) is 0.847. The Hall–Kier alpha value is -0.610. The summed E-state index contributed by atoms with van der Waals surface area (Å²) in [6.07, 6.45) is -0.415. The average Bonchev–Trinajstić information content (AvgIpc) is 2.64. The second-order valence-corrected chi connectivity index (χ2v) is 4.59. The van der Waals surface area contributed by atoms with Gasteiger partial charge < -0.3 is 15.2 Å². The van der Waals surface area contributed by atoms with E-state index in [1.54, 1.807) is 0 Å².